The van der Waals surface area contributed by atoms with Gasteiger partial charge in [0.15, 0.2) is 0 Å². The summed E-state index contributed by atoms with van der Waals surface area (Å²) in [5.41, 5.74) is 10.2. The van der Waals surface area contributed by atoms with Crippen LogP contribution in [0.1, 0.15) is 17.3 Å². The molecule has 0 spiro atoms. The van der Waals surface area contributed by atoms with Crippen molar-refractivity contribution in [1.29, 1.82) is 0 Å². The van der Waals surface area contributed by atoms with Crippen molar-refractivity contribution >= 4 is 16.0 Å². The Morgan fingerprint density at radius 2 is 1.79 bits per heavy atom. The standard InChI is InChI=1S/C17H22FN5O4S/c1-27-16(24)10-21-28(25,26)15-8-4-13(5-9-15)17(19)22-23(20)11-12-2-6-14(18)7-3-12/h2-9,17,21-22H,10-11,19-20H2,1H3. The Bertz CT molecular complexity index is 891. The van der Waals surface area contributed by atoms with Crippen molar-refractivity contribution < 1.29 is 22.3 Å². The molecule has 28 heavy (non-hydrogen) atoms. The molecule has 0 aliphatic heterocycles. The van der Waals surface area contributed by atoms with Crippen LogP contribution in [0, 0.1) is 5.82 Å². The quantitative estimate of drug-likeness (QED) is 0.197. The fourth-order valence-corrected chi connectivity index (χ4v) is 3.22. The van der Waals surface area contributed by atoms with Gasteiger partial charge in [-0.3, -0.25) is 10.6 Å². The van der Waals surface area contributed by atoms with Crippen molar-refractivity contribution in [3.8, 4) is 0 Å². The lowest BCUT2D eigenvalue weighted by atomic mass is 10.2. The highest BCUT2D eigenvalue weighted by atomic mass is 32.2. The van der Waals surface area contributed by atoms with Gasteiger partial charge in [-0.25, -0.2) is 18.2 Å². The smallest absolute Gasteiger partial charge is 0.320 e. The van der Waals surface area contributed by atoms with Crippen LogP contribution in [0.2, 0.25) is 0 Å². The molecule has 0 bridgehead atoms. The van der Waals surface area contributed by atoms with Gasteiger partial charge in [0.05, 0.1) is 24.7 Å². The SMILES string of the molecule is COC(=O)CNS(=O)(=O)c1ccc(C(N)NN(N)Cc2ccc(F)cc2)cc1. The average Bonchev–Trinajstić information content (AvgIpc) is 2.68. The van der Waals surface area contributed by atoms with Crippen molar-refractivity contribution in [1.82, 2.24) is 15.3 Å². The summed E-state index contributed by atoms with van der Waals surface area (Å²) in [6, 6.07) is 11.6. The summed E-state index contributed by atoms with van der Waals surface area (Å²) in [6.07, 6.45) is -0.703. The van der Waals surface area contributed by atoms with Crippen LogP contribution in [-0.2, 0) is 26.1 Å². The van der Waals surface area contributed by atoms with E-state index in [1.165, 1.54) is 41.5 Å². The lowest BCUT2D eigenvalue weighted by molar-refractivity contribution is -0.139. The largest absolute Gasteiger partial charge is 0.468 e. The summed E-state index contributed by atoms with van der Waals surface area (Å²) in [7, 11) is -2.69. The normalized spacial score (nSPS) is 12.8. The zero-order valence-electron chi connectivity index (χ0n) is 15.1. The number of hydrogen-bond donors (Lipinski definition) is 4. The highest BCUT2D eigenvalue weighted by molar-refractivity contribution is 7.89. The third-order valence-corrected chi connectivity index (χ3v) is 5.17. The number of esters is 1. The van der Waals surface area contributed by atoms with Crippen LogP contribution >= 0.6 is 0 Å². The van der Waals surface area contributed by atoms with Gasteiger partial charge in [0.1, 0.15) is 12.4 Å². The molecule has 0 aliphatic rings. The second-order valence-electron chi connectivity index (χ2n) is 5.83. The molecular weight excluding hydrogens is 389 g/mol. The number of halogens is 1. The van der Waals surface area contributed by atoms with Crippen LogP contribution in [0.25, 0.3) is 0 Å². The number of nitrogens with one attached hydrogen (secondary N) is 2. The molecule has 0 heterocycles. The first-order chi connectivity index (χ1) is 13.2. The van der Waals surface area contributed by atoms with Gasteiger partial charge in [0.25, 0.3) is 0 Å². The number of carbonyl (C=O) groups is 1. The van der Waals surface area contributed by atoms with E-state index in [2.05, 4.69) is 14.9 Å². The van der Waals surface area contributed by atoms with Crippen LogP contribution in [-0.4, -0.2) is 33.2 Å². The van der Waals surface area contributed by atoms with E-state index in [4.69, 9.17) is 11.6 Å². The molecule has 0 aliphatic carbocycles. The minimum absolute atomic E-state index is 0.0248. The molecule has 2 rings (SSSR count). The maximum absolute atomic E-state index is 12.9. The van der Waals surface area contributed by atoms with Gasteiger partial charge in [0, 0.05) is 0 Å². The minimum Gasteiger partial charge on any atom is -0.468 e. The van der Waals surface area contributed by atoms with Gasteiger partial charge < -0.3 is 10.5 Å². The highest BCUT2D eigenvalue weighted by Crippen LogP contribution is 2.14. The molecule has 0 amide bonds. The number of benzene rings is 2. The number of methoxy groups -OCH3 is 1. The Kier molecular flexibility index (Phi) is 7.57. The zero-order chi connectivity index (χ0) is 20.7. The predicted molar refractivity (Wildman–Crippen MR) is 99.8 cm³/mol. The van der Waals surface area contributed by atoms with Crippen LogP contribution in [0.15, 0.2) is 53.4 Å². The number of hydrogen-bond acceptors (Lipinski definition) is 8. The van der Waals surface area contributed by atoms with Crippen molar-refractivity contribution in [3.05, 3.63) is 65.5 Å². The molecule has 0 radical (unpaired) electrons. The van der Waals surface area contributed by atoms with E-state index in [1.54, 1.807) is 12.1 Å². The first-order valence-corrected chi connectivity index (χ1v) is 9.64. The Morgan fingerprint density at radius 3 is 2.36 bits per heavy atom. The lowest BCUT2D eigenvalue weighted by Crippen LogP contribution is -2.47. The number of hydrazine groups is 2. The Hall–Kier alpha value is -2.41. The number of nitrogens with two attached hydrogens (primary N) is 2. The molecule has 1 atom stereocenters. The fourth-order valence-electron chi connectivity index (χ4n) is 2.25. The van der Waals surface area contributed by atoms with Gasteiger partial charge in [-0.1, -0.05) is 24.3 Å². The number of rotatable bonds is 9. The van der Waals surface area contributed by atoms with Crippen molar-refractivity contribution in [3.63, 3.8) is 0 Å². The molecule has 9 nitrogen and oxygen atoms in total. The molecule has 2 aromatic carbocycles. The van der Waals surface area contributed by atoms with Gasteiger partial charge in [-0.2, -0.15) is 9.84 Å². The van der Waals surface area contributed by atoms with Gasteiger partial charge in [-0.15, -0.1) is 0 Å². The van der Waals surface area contributed by atoms with E-state index in [0.717, 1.165) is 12.7 Å². The van der Waals surface area contributed by atoms with E-state index in [9.17, 15) is 17.6 Å². The van der Waals surface area contributed by atoms with E-state index >= 15 is 0 Å². The Morgan fingerprint density at radius 1 is 1.18 bits per heavy atom. The van der Waals surface area contributed by atoms with Gasteiger partial charge in [0.2, 0.25) is 10.0 Å². The van der Waals surface area contributed by atoms with Crippen LogP contribution < -0.4 is 21.7 Å². The van der Waals surface area contributed by atoms with Crippen LogP contribution in [0.4, 0.5) is 4.39 Å². The number of nitrogens with zero attached hydrogens (tertiary/aromatic N) is 1. The molecule has 11 heteroatoms. The van der Waals surface area contributed by atoms with Crippen molar-refractivity contribution in [2.75, 3.05) is 13.7 Å². The minimum atomic E-state index is -3.85. The molecule has 2 aromatic rings. The van der Waals surface area contributed by atoms with Crippen LogP contribution in [0.3, 0.4) is 0 Å². The second-order valence-corrected chi connectivity index (χ2v) is 7.60. The third-order valence-electron chi connectivity index (χ3n) is 3.75. The fraction of sp³-hybridized carbons (Fsp3) is 0.235. The molecule has 0 fully saturated rings. The Balaban J connectivity index is 1.96. The summed E-state index contributed by atoms with van der Waals surface area (Å²) >= 11 is 0. The molecule has 6 N–H and O–H groups in total. The van der Waals surface area contributed by atoms with E-state index in [-0.39, 0.29) is 17.3 Å². The Labute approximate surface area is 162 Å². The number of carbonyl (C=O) groups excluding carboxylic acids is 1. The molecule has 0 saturated carbocycles. The summed E-state index contributed by atoms with van der Waals surface area (Å²) in [5.74, 6) is 4.82. The summed E-state index contributed by atoms with van der Waals surface area (Å²) in [5, 5.41) is 1.25. The topological polar surface area (TPSA) is 140 Å². The average molecular weight is 411 g/mol. The predicted octanol–water partition coefficient (Wildman–Crippen LogP) is 0.115. The number of sulfonamides is 1. The highest BCUT2D eigenvalue weighted by Gasteiger charge is 2.17. The lowest BCUT2D eigenvalue weighted by Gasteiger charge is -2.23. The van der Waals surface area contributed by atoms with E-state index in [1.807, 2.05) is 0 Å². The summed E-state index contributed by atoms with van der Waals surface area (Å²) in [4.78, 5) is 11.0. The first kappa shape index (κ1) is 21.9. The summed E-state index contributed by atoms with van der Waals surface area (Å²) in [6.45, 7) is -0.189. The molecular formula is C17H22FN5O4S. The molecule has 1 unspecified atom stereocenters. The second kappa shape index (κ2) is 9.68. The first-order valence-electron chi connectivity index (χ1n) is 8.16. The third kappa shape index (κ3) is 6.34. The molecule has 152 valence electrons. The van der Waals surface area contributed by atoms with E-state index < -0.39 is 28.7 Å². The van der Waals surface area contributed by atoms with Crippen LogP contribution in [0.5, 0.6) is 0 Å². The zero-order valence-corrected chi connectivity index (χ0v) is 15.9. The van der Waals surface area contributed by atoms with Crippen molar-refractivity contribution in [2.24, 2.45) is 11.6 Å². The monoisotopic (exact) mass is 411 g/mol. The molecule has 0 saturated heterocycles. The summed E-state index contributed by atoms with van der Waals surface area (Å²) < 4.78 is 43.7. The van der Waals surface area contributed by atoms with Crippen molar-refractivity contribution in [2.45, 2.75) is 17.6 Å². The maximum Gasteiger partial charge on any atom is 0.320 e. The van der Waals surface area contributed by atoms with Gasteiger partial charge >= 0.3 is 5.97 Å². The maximum atomic E-state index is 12.9. The number of ether oxygens (including phenoxy) is 1. The molecule has 0 aromatic heterocycles. The van der Waals surface area contributed by atoms with E-state index in [0.29, 0.717) is 5.56 Å². The van der Waals surface area contributed by atoms with Gasteiger partial charge in [-0.05, 0) is 35.4 Å².